The predicted octanol–water partition coefficient (Wildman–Crippen LogP) is 9.03. The molecular weight excluding hydrogens is 316 g/mol. The third-order valence-corrected chi connectivity index (χ3v) is 5.86. The lowest BCUT2D eigenvalue weighted by Gasteiger charge is -2.14. The monoisotopic (exact) mass is 366 g/mol. The molecule has 0 spiro atoms. The molecule has 0 aliphatic rings. The van der Waals surface area contributed by atoms with Gasteiger partial charge in [-0.15, -0.1) is 0 Å². The van der Waals surface area contributed by atoms with Crippen LogP contribution in [0.15, 0.2) is 0 Å². The second-order valence-electron chi connectivity index (χ2n) is 8.50. The van der Waals surface area contributed by atoms with Crippen LogP contribution in [0.2, 0.25) is 0 Å². The van der Waals surface area contributed by atoms with Crippen LogP contribution in [0.4, 0.5) is 0 Å². The van der Waals surface area contributed by atoms with Crippen LogP contribution in [0.3, 0.4) is 0 Å². The largest absolute Gasteiger partial charge is 0.303 e. The molecule has 0 aromatic heterocycles. The number of rotatable bonds is 22. The molecule has 0 aromatic rings. The van der Waals surface area contributed by atoms with Crippen molar-refractivity contribution >= 4 is 6.29 Å². The van der Waals surface area contributed by atoms with Crippen molar-refractivity contribution in [1.29, 1.82) is 0 Å². The van der Waals surface area contributed by atoms with E-state index in [1.165, 1.54) is 128 Å². The van der Waals surface area contributed by atoms with Gasteiger partial charge in [-0.2, -0.15) is 0 Å². The zero-order chi connectivity index (χ0) is 19.1. The van der Waals surface area contributed by atoms with E-state index in [9.17, 15) is 4.79 Å². The highest BCUT2D eigenvalue weighted by atomic mass is 16.1. The number of aldehydes is 1. The van der Waals surface area contributed by atoms with E-state index in [2.05, 4.69) is 13.8 Å². The van der Waals surface area contributed by atoms with Crippen LogP contribution in [0.5, 0.6) is 0 Å². The van der Waals surface area contributed by atoms with Gasteiger partial charge >= 0.3 is 0 Å². The lowest BCUT2D eigenvalue weighted by atomic mass is 9.92. The van der Waals surface area contributed by atoms with E-state index in [0.29, 0.717) is 5.92 Å². The number of unbranched alkanes of at least 4 members (excludes halogenated alkanes) is 16. The Balaban J connectivity index is 3.43. The Labute approximate surface area is 166 Å². The third kappa shape index (κ3) is 20.0. The molecule has 0 rings (SSSR count). The average molecular weight is 367 g/mol. The van der Waals surface area contributed by atoms with Crippen molar-refractivity contribution in [2.45, 2.75) is 149 Å². The quantitative estimate of drug-likeness (QED) is 0.138. The summed E-state index contributed by atoms with van der Waals surface area (Å²) >= 11 is 0. The van der Waals surface area contributed by atoms with Crippen molar-refractivity contribution in [3.8, 4) is 0 Å². The first kappa shape index (κ1) is 25.7. The van der Waals surface area contributed by atoms with Gasteiger partial charge < -0.3 is 4.79 Å². The Morgan fingerprint density at radius 3 is 1.12 bits per heavy atom. The van der Waals surface area contributed by atoms with Crippen LogP contribution < -0.4 is 0 Å². The Bertz CT molecular complexity index is 261. The smallest absolute Gasteiger partial charge is 0.120 e. The normalized spacial score (nSPS) is 12.4. The van der Waals surface area contributed by atoms with E-state index in [1.54, 1.807) is 0 Å². The zero-order valence-electron chi connectivity index (χ0n) is 18.4. The van der Waals surface area contributed by atoms with E-state index in [-0.39, 0.29) is 0 Å². The predicted molar refractivity (Wildman–Crippen MR) is 118 cm³/mol. The van der Waals surface area contributed by atoms with Gasteiger partial charge in [0.1, 0.15) is 6.29 Å². The minimum Gasteiger partial charge on any atom is -0.303 e. The third-order valence-electron chi connectivity index (χ3n) is 5.86. The van der Waals surface area contributed by atoms with Crippen LogP contribution in [-0.2, 0) is 4.79 Å². The summed E-state index contributed by atoms with van der Waals surface area (Å²) in [5, 5.41) is 0. The summed E-state index contributed by atoms with van der Waals surface area (Å²) < 4.78 is 0. The molecule has 156 valence electrons. The van der Waals surface area contributed by atoms with Crippen LogP contribution in [0.1, 0.15) is 149 Å². The zero-order valence-corrected chi connectivity index (χ0v) is 18.4. The number of hydrogen-bond donors (Lipinski definition) is 0. The Kier molecular flexibility index (Phi) is 22.4. The molecule has 0 N–H and O–H groups in total. The maximum atomic E-state index is 10.9. The summed E-state index contributed by atoms with van der Waals surface area (Å²) in [4.78, 5) is 10.9. The summed E-state index contributed by atoms with van der Waals surface area (Å²) in [6, 6.07) is 0. The Morgan fingerprint density at radius 1 is 0.500 bits per heavy atom. The molecule has 0 fully saturated rings. The standard InChI is InChI=1S/C25H50O/c1-3-5-7-9-11-13-14-16-18-20-22-25(23-24-26)21-19-17-15-12-10-8-6-4-2/h24-25H,3-23H2,1-2H3. The van der Waals surface area contributed by atoms with Gasteiger partial charge in [0.25, 0.3) is 0 Å². The molecule has 0 saturated heterocycles. The molecule has 0 aliphatic carbocycles. The molecule has 0 aliphatic heterocycles. The van der Waals surface area contributed by atoms with Crippen molar-refractivity contribution < 1.29 is 4.79 Å². The van der Waals surface area contributed by atoms with Crippen LogP contribution >= 0.6 is 0 Å². The lowest BCUT2D eigenvalue weighted by Crippen LogP contribution is -2.02. The van der Waals surface area contributed by atoms with E-state index in [4.69, 9.17) is 0 Å². The molecular formula is C25H50O. The topological polar surface area (TPSA) is 17.1 Å². The molecule has 0 heterocycles. The fourth-order valence-corrected chi connectivity index (χ4v) is 4.00. The minimum atomic E-state index is 0.668. The van der Waals surface area contributed by atoms with Crippen molar-refractivity contribution in [1.82, 2.24) is 0 Å². The molecule has 0 saturated carbocycles. The van der Waals surface area contributed by atoms with E-state index in [1.807, 2.05) is 0 Å². The second-order valence-corrected chi connectivity index (χ2v) is 8.50. The van der Waals surface area contributed by atoms with Gasteiger partial charge in [0.05, 0.1) is 0 Å². The molecule has 0 radical (unpaired) electrons. The molecule has 0 bridgehead atoms. The molecule has 0 aromatic carbocycles. The SMILES string of the molecule is CCCCCCCCCCCCC(CC=O)CCCCCCCCCC. The molecule has 1 unspecified atom stereocenters. The number of carbonyl (C=O) groups is 1. The van der Waals surface area contributed by atoms with Crippen molar-refractivity contribution in [2.24, 2.45) is 5.92 Å². The van der Waals surface area contributed by atoms with Crippen molar-refractivity contribution in [2.75, 3.05) is 0 Å². The van der Waals surface area contributed by atoms with Gasteiger partial charge in [-0.1, -0.05) is 142 Å². The van der Waals surface area contributed by atoms with E-state index < -0.39 is 0 Å². The van der Waals surface area contributed by atoms with Crippen LogP contribution in [0, 0.1) is 5.92 Å². The first-order valence-corrected chi connectivity index (χ1v) is 12.3. The first-order valence-electron chi connectivity index (χ1n) is 12.3. The number of carbonyl (C=O) groups excluding carboxylic acids is 1. The summed E-state index contributed by atoms with van der Waals surface area (Å²) in [6.45, 7) is 4.56. The maximum Gasteiger partial charge on any atom is 0.120 e. The Hall–Kier alpha value is -0.330. The summed E-state index contributed by atoms with van der Waals surface area (Å²) in [7, 11) is 0. The van der Waals surface area contributed by atoms with E-state index in [0.717, 1.165) is 12.7 Å². The number of hydrogen-bond acceptors (Lipinski definition) is 1. The molecule has 1 heteroatoms. The van der Waals surface area contributed by atoms with Gasteiger partial charge in [-0.25, -0.2) is 0 Å². The molecule has 0 amide bonds. The summed E-state index contributed by atoms with van der Waals surface area (Å²) in [5.41, 5.74) is 0. The Morgan fingerprint density at radius 2 is 0.808 bits per heavy atom. The second kappa shape index (κ2) is 22.7. The highest BCUT2D eigenvalue weighted by Crippen LogP contribution is 2.21. The highest BCUT2D eigenvalue weighted by molar-refractivity contribution is 5.49. The van der Waals surface area contributed by atoms with Crippen molar-refractivity contribution in [3.05, 3.63) is 0 Å². The van der Waals surface area contributed by atoms with Gasteiger partial charge in [-0.05, 0) is 5.92 Å². The molecule has 26 heavy (non-hydrogen) atoms. The van der Waals surface area contributed by atoms with Gasteiger partial charge in [0, 0.05) is 6.42 Å². The first-order chi connectivity index (χ1) is 12.8. The lowest BCUT2D eigenvalue weighted by molar-refractivity contribution is -0.108. The van der Waals surface area contributed by atoms with Gasteiger partial charge in [0.15, 0.2) is 0 Å². The highest BCUT2D eigenvalue weighted by Gasteiger charge is 2.08. The summed E-state index contributed by atoms with van der Waals surface area (Å²) in [6.07, 6.45) is 29.7. The fraction of sp³-hybridized carbons (Fsp3) is 0.960. The minimum absolute atomic E-state index is 0.668. The maximum absolute atomic E-state index is 10.9. The summed E-state index contributed by atoms with van der Waals surface area (Å²) in [5.74, 6) is 0.668. The van der Waals surface area contributed by atoms with Gasteiger partial charge in [-0.3, -0.25) is 0 Å². The average Bonchev–Trinajstić information content (AvgIpc) is 2.65. The van der Waals surface area contributed by atoms with Crippen LogP contribution in [-0.4, -0.2) is 6.29 Å². The van der Waals surface area contributed by atoms with Gasteiger partial charge in [0.2, 0.25) is 0 Å². The van der Waals surface area contributed by atoms with Crippen molar-refractivity contribution in [3.63, 3.8) is 0 Å². The van der Waals surface area contributed by atoms with Crippen LogP contribution in [0.25, 0.3) is 0 Å². The van der Waals surface area contributed by atoms with E-state index >= 15 is 0 Å². The molecule has 1 atom stereocenters. The fourth-order valence-electron chi connectivity index (χ4n) is 4.00. The molecule has 1 nitrogen and oxygen atoms in total.